The second kappa shape index (κ2) is 12.4. The van der Waals surface area contributed by atoms with E-state index < -0.39 is 5.91 Å². The molecule has 0 unspecified atom stereocenters. The topological polar surface area (TPSA) is 141 Å². The van der Waals surface area contributed by atoms with E-state index in [1.54, 1.807) is 36.4 Å². The first-order valence-electron chi connectivity index (χ1n) is 9.89. The van der Waals surface area contributed by atoms with Gasteiger partial charge in [-0.05, 0) is 29.8 Å². The highest BCUT2D eigenvalue weighted by molar-refractivity contribution is 6.30. The van der Waals surface area contributed by atoms with Crippen LogP contribution in [0.15, 0.2) is 48.3 Å². The van der Waals surface area contributed by atoms with Crippen LogP contribution in [-0.2, 0) is 11.3 Å². The summed E-state index contributed by atoms with van der Waals surface area (Å²) < 4.78 is 15.8. The highest BCUT2D eigenvalue weighted by atomic mass is 35.5. The molecule has 6 N–H and O–H groups in total. The lowest BCUT2D eigenvalue weighted by Gasteiger charge is -2.17. The number of methoxy groups -OCH3 is 3. The van der Waals surface area contributed by atoms with Crippen LogP contribution in [0.25, 0.3) is 0 Å². The van der Waals surface area contributed by atoms with Crippen molar-refractivity contribution in [1.82, 2.24) is 15.6 Å². The van der Waals surface area contributed by atoms with Gasteiger partial charge in [-0.2, -0.15) is 0 Å². The number of benzene rings is 2. The Balaban J connectivity index is 1.88. The summed E-state index contributed by atoms with van der Waals surface area (Å²) in [6, 6.07) is 10.2. The summed E-state index contributed by atoms with van der Waals surface area (Å²) in [5.74, 6) is 6.01. The van der Waals surface area contributed by atoms with Gasteiger partial charge in [0.05, 0.1) is 33.4 Å². The number of hydrogen-bond donors (Lipinski definition) is 4. The maximum atomic E-state index is 12.6. The molecule has 0 aliphatic heterocycles. The van der Waals surface area contributed by atoms with Crippen LogP contribution in [0.4, 0.5) is 0 Å². The monoisotopic (exact) mass is 477 g/mol. The van der Waals surface area contributed by atoms with Crippen LogP contribution in [0.3, 0.4) is 0 Å². The molecule has 178 valence electrons. The van der Waals surface area contributed by atoms with Gasteiger partial charge < -0.3 is 35.6 Å². The average Bonchev–Trinajstić information content (AvgIpc) is 2.81. The third-order valence-electron chi connectivity index (χ3n) is 4.54. The molecule has 0 radical (unpaired) electrons. The average molecular weight is 478 g/mol. The molecule has 33 heavy (non-hydrogen) atoms. The zero-order valence-electron chi connectivity index (χ0n) is 18.7. The summed E-state index contributed by atoms with van der Waals surface area (Å²) in [5.41, 5.74) is 6.88. The molecule has 0 aliphatic rings. The number of rotatable bonds is 11. The van der Waals surface area contributed by atoms with Crippen LogP contribution >= 0.6 is 11.6 Å². The number of carbonyl (C=O) groups excluding carboxylic acids is 2. The van der Waals surface area contributed by atoms with Gasteiger partial charge in [-0.25, -0.2) is 5.84 Å². The maximum Gasteiger partial charge on any atom is 0.268 e. The fourth-order valence-electron chi connectivity index (χ4n) is 2.86. The van der Waals surface area contributed by atoms with E-state index in [1.165, 1.54) is 32.5 Å². The van der Waals surface area contributed by atoms with Crippen molar-refractivity contribution in [2.24, 2.45) is 11.6 Å². The molecule has 0 spiro atoms. The smallest absolute Gasteiger partial charge is 0.268 e. The van der Waals surface area contributed by atoms with Gasteiger partial charge in [0.1, 0.15) is 5.70 Å². The van der Waals surface area contributed by atoms with E-state index in [1.807, 2.05) is 0 Å². The molecule has 0 bridgehead atoms. The fraction of sp³-hybridized carbons (Fsp3) is 0.273. The third-order valence-corrected chi connectivity index (χ3v) is 4.79. The Morgan fingerprint density at radius 2 is 1.67 bits per heavy atom. The number of carbonyl (C=O) groups is 2. The van der Waals surface area contributed by atoms with Crippen LogP contribution in [0.2, 0.25) is 5.02 Å². The molecule has 0 fully saturated rings. The van der Waals surface area contributed by atoms with Gasteiger partial charge >= 0.3 is 0 Å². The Morgan fingerprint density at radius 3 is 2.27 bits per heavy atom. The van der Waals surface area contributed by atoms with Crippen LogP contribution < -0.4 is 36.4 Å². The Bertz CT molecular complexity index is 997. The van der Waals surface area contributed by atoms with Crippen molar-refractivity contribution in [3.63, 3.8) is 0 Å². The number of halogens is 1. The van der Waals surface area contributed by atoms with E-state index in [0.29, 0.717) is 23.1 Å². The number of hydrazine groups is 1. The van der Waals surface area contributed by atoms with Gasteiger partial charge in [0.25, 0.3) is 11.8 Å². The number of nitrogens with zero attached hydrogens (tertiary/aromatic N) is 1. The van der Waals surface area contributed by atoms with E-state index in [4.69, 9.17) is 37.4 Å². The van der Waals surface area contributed by atoms with Gasteiger partial charge in [-0.1, -0.05) is 23.7 Å². The highest BCUT2D eigenvalue weighted by Gasteiger charge is 2.20. The summed E-state index contributed by atoms with van der Waals surface area (Å²) >= 11 is 5.84. The number of ether oxygens (including phenoxy) is 3. The lowest BCUT2D eigenvalue weighted by atomic mass is 10.1. The SMILES string of the molecule is COc1ccc(C(=O)NCCN(N)/C=C(\N)C(=O)NCc2ccc(Cl)cc2)c(OC)c1OC. The van der Waals surface area contributed by atoms with Gasteiger partial charge in [-0.15, -0.1) is 0 Å². The Hall–Kier alpha value is -3.63. The van der Waals surface area contributed by atoms with Crippen molar-refractivity contribution in [3.8, 4) is 17.2 Å². The highest BCUT2D eigenvalue weighted by Crippen LogP contribution is 2.39. The lowest BCUT2D eigenvalue weighted by molar-refractivity contribution is -0.117. The van der Waals surface area contributed by atoms with E-state index in [0.717, 1.165) is 5.56 Å². The minimum Gasteiger partial charge on any atom is -0.493 e. The normalized spacial score (nSPS) is 10.9. The minimum atomic E-state index is -0.473. The minimum absolute atomic E-state index is 0.0700. The van der Waals surface area contributed by atoms with Crippen LogP contribution in [0.5, 0.6) is 17.2 Å². The number of nitrogens with two attached hydrogens (primary N) is 2. The molecule has 0 aromatic heterocycles. The molecular weight excluding hydrogens is 450 g/mol. The van der Waals surface area contributed by atoms with Crippen molar-refractivity contribution in [2.45, 2.75) is 6.54 Å². The van der Waals surface area contributed by atoms with Gasteiger partial charge in [-0.3, -0.25) is 9.59 Å². The molecule has 10 nitrogen and oxygen atoms in total. The zero-order chi connectivity index (χ0) is 24.4. The van der Waals surface area contributed by atoms with Gasteiger partial charge in [0, 0.05) is 24.3 Å². The first-order chi connectivity index (χ1) is 15.8. The predicted octanol–water partition coefficient (Wildman–Crippen LogP) is 1.39. The van der Waals surface area contributed by atoms with Gasteiger partial charge in [0.15, 0.2) is 11.5 Å². The molecule has 0 saturated heterocycles. The predicted molar refractivity (Wildman–Crippen MR) is 125 cm³/mol. The van der Waals surface area contributed by atoms with E-state index in [9.17, 15) is 9.59 Å². The second-order valence-corrected chi connectivity index (χ2v) is 7.21. The Kier molecular flexibility index (Phi) is 9.64. The van der Waals surface area contributed by atoms with E-state index in [-0.39, 0.29) is 36.0 Å². The summed E-state index contributed by atoms with van der Waals surface area (Å²) in [5, 5.41) is 7.24. The zero-order valence-corrected chi connectivity index (χ0v) is 19.4. The molecule has 11 heteroatoms. The number of amides is 2. The van der Waals surface area contributed by atoms with Crippen LogP contribution in [0.1, 0.15) is 15.9 Å². The van der Waals surface area contributed by atoms with E-state index >= 15 is 0 Å². The summed E-state index contributed by atoms with van der Waals surface area (Å²) in [6.07, 6.45) is 1.29. The molecule has 2 aromatic rings. The molecule has 0 atom stereocenters. The third kappa shape index (κ3) is 7.19. The fourth-order valence-corrected chi connectivity index (χ4v) is 2.99. The lowest BCUT2D eigenvalue weighted by Crippen LogP contribution is -2.38. The second-order valence-electron chi connectivity index (χ2n) is 6.77. The molecule has 0 aliphatic carbocycles. The Morgan fingerprint density at radius 1 is 1.00 bits per heavy atom. The first-order valence-corrected chi connectivity index (χ1v) is 10.3. The molecule has 0 heterocycles. The quantitative estimate of drug-likeness (QED) is 0.216. The molecular formula is C22H28ClN5O5. The van der Waals surface area contributed by atoms with E-state index in [2.05, 4.69) is 10.6 Å². The summed E-state index contributed by atoms with van der Waals surface area (Å²) in [4.78, 5) is 24.7. The molecule has 0 saturated carbocycles. The number of hydrogen-bond acceptors (Lipinski definition) is 8. The van der Waals surface area contributed by atoms with Crippen molar-refractivity contribution >= 4 is 23.4 Å². The summed E-state index contributed by atoms with van der Waals surface area (Å²) in [7, 11) is 4.38. The summed E-state index contributed by atoms with van der Waals surface area (Å²) in [6.45, 7) is 0.674. The van der Waals surface area contributed by atoms with Crippen molar-refractivity contribution in [1.29, 1.82) is 0 Å². The molecule has 2 aromatic carbocycles. The van der Waals surface area contributed by atoms with Crippen LogP contribution in [-0.4, -0.2) is 51.2 Å². The molecule has 2 rings (SSSR count). The molecule has 2 amide bonds. The maximum absolute atomic E-state index is 12.6. The van der Waals surface area contributed by atoms with Crippen molar-refractivity contribution in [2.75, 3.05) is 34.4 Å². The van der Waals surface area contributed by atoms with Gasteiger partial charge in [0.2, 0.25) is 5.75 Å². The van der Waals surface area contributed by atoms with Crippen molar-refractivity contribution < 1.29 is 23.8 Å². The Labute approximate surface area is 197 Å². The number of nitrogens with one attached hydrogen (secondary N) is 2. The standard InChI is InChI=1S/C22H28ClN5O5/c1-31-18-9-8-16(19(32-2)20(18)33-3)21(29)26-10-11-28(25)13-17(24)22(30)27-12-14-4-6-15(23)7-5-14/h4-9,13H,10-12,24-25H2,1-3H3,(H,26,29)(H,27,30)/b17-13-. The van der Waals surface area contributed by atoms with Crippen LogP contribution in [0, 0.1) is 0 Å². The van der Waals surface area contributed by atoms with Crippen molar-refractivity contribution in [3.05, 3.63) is 64.4 Å². The first kappa shape index (κ1) is 25.6. The largest absolute Gasteiger partial charge is 0.493 e.